The molecule has 1 heterocycles. The van der Waals surface area contributed by atoms with Gasteiger partial charge in [0.25, 0.3) is 5.56 Å². The average Bonchev–Trinajstić information content (AvgIpc) is 2.49. The van der Waals surface area contributed by atoms with Crippen LogP contribution in [0.25, 0.3) is 10.9 Å². The molecule has 0 amide bonds. The van der Waals surface area contributed by atoms with Crippen molar-refractivity contribution >= 4 is 10.9 Å². The quantitative estimate of drug-likeness (QED) is 0.800. The van der Waals surface area contributed by atoms with Gasteiger partial charge in [0, 0.05) is 6.54 Å². The highest BCUT2D eigenvalue weighted by molar-refractivity contribution is 5.76. The van der Waals surface area contributed by atoms with E-state index >= 15 is 0 Å². The van der Waals surface area contributed by atoms with Crippen LogP contribution in [0.1, 0.15) is 5.56 Å². The zero-order chi connectivity index (χ0) is 14.8. The molecule has 5 heteroatoms. The molecule has 0 saturated heterocycles. The predicted octanol–water partition coefficient (Wildman–Crippen LogP) is 2.07. The molecule has 3 rings (SSSR count). The number of benzene rings is 2. The highest BCUT2D eigenvalue weighted by Crippen LogP contribution is 2.05. The first kappa shape index (κ1) is 13.3. The largest absolute Gasteiger partial charge is 0.328 e. The summed E-state index contributed by atoms with van der Waals surface area (Å²) in [6.45, 7) is 0.255. The lowest BCUT2D eigenvalue weighted by Crippen LogP contribution is -2.35. The maximum atomic E-state index is 12.8. The van der Waals surface area contributed by atoms with Gasteiger partial charge in [-0.3, -0.25) is 9.36 Å². The molecule has 1 N–H and O–H groups in total. The van der Waals surface area contributed by atoms with Crippen LogP contribution in [0.5, 0.6) is 0 Å². The van der Waals surface area contributed by atoms with Crippen LogP contribution in [-0.2, 0) is 13.0 Å². The lowest BCUT2D eigenvalue weighted by molar-refractivity contribution is 0.620. The Labute approximate surface area is 119 Å². The van der Waals surface area contributed by atoms with Crippen LogP contribution in [0, 0.1) is 5.82 Å². The number of nitrogens with one attached hydrogen (secondary N) is 1. The van der Waals surface area contributed by atoms with Crippen molar-refractivity contribution in [2.45, 2.75) is 13.0 Å². The van der Waals surface area contributed by atoms with E-state index < -0.39 is 5.69 Å². The van der Waals surface area contributed by atoms with Gasteiger partial charge in [-0.25, -0.2) is 9.18 Å². The summed E-state index contributed by atoms with van der Waals surface area (Å²) in [5, 5.41) is 0.483. The Kier molecular flexibility index (Phi) is 3.39. The number of hydrogen-bond donors (Lipinski definition) is 1. The number of aromatic amines is 1. The number of halogens is 1. The summed E-state index contributed by atoms with van der Waals surface area (Å²) in [6, 6.07) is 12.9. The molecule has 0 aliphatic rings. The Hall–Kier alpha value is -2.69. The lowest BCUT2D eigenvalue weighted by atomic mass is 10.1. The van der Waals surface area contributed by atoms with Crippen LogP contribution in [0.3, 0.4) is 0 Å². The molecule has 3 aromatic rings. The summed E-state index contributed by atoms with van der Waals surface area (Å²) in [6.07, 6.45) is 0.488. The number of rotatable bonds is 3. The fourth-order valence-corrected chi connectivity index (χ4v) is 2.29. The summed E-state index contributed by atoms with van der Waals surface area (Å²) in [7, 11) is 0. The zero-order valence-corrected chi connectivity index (χ0v) is 11.2. The van der Waals surface area contributed by atoms with Crippen LogP contribution in [-0.4, -0.2) is 9.55 Å². The summed E-state index contributed by atoms with van der Waals surface area (Å²) in [5.41, 5.74) is 0.665. The van der Waals surface area contributed by atoms with E-state index in [4.69, 9.17) is 0 Å². The van der Waals surface area contributed by atoms with Gasteiger partial charge in [-0.15, -0.1) is 0 Å². The predicted molar refractivity (Wildman–Crippen MR) is 78.9 cm³/mol. The minimum Gasteiger partial charge on any atom is -0.307 e. The van der Waals surface area contributed by atoms with Gasteiger partial charge < -0.3 is 4.98 Å². The molecule has 0 bridgehead atoms. The molecule has 0 aliphatic heterocycles. The number of aryl methyl sites for hydroxylation is 1. The van der Waals surface area contributed by atoms with Crippen LogP contribution in [0.15, 0.2) is 58.1 Å². The summed E-state index contributed by atoms with van der Waals surface area (Å²) < 4.78 is 14.0. The van der Waals surface area contributed by atoms with Gasteiger partial charge >= 0.3 is 5.69 Å². The van der Waals surface area contributed by atoms with Crippen molar-refractivity contribution in [3.63, 3.8) is 0 Å². The summed E-state index contributed by atoms with van der Waals surface area (Å²) >= 11 is 0. The second-order valence-electron chi connectivity index (χ2n) is 4.81. The van der Waals surface area contributed by atoms with E-state index in [9.17, 15) is 14.0 Å². The molecular formula is C16H13FN2O2. The Balaban J connectivity index is 1.95. The molecule has 0 aliphatic carbocycles. The number of aromatic nitrogens is 2. The third kappa shape index (κ3) is 2.63. The highest BCUT2D eigenvalue weighted by atomic mass is 19.1. The van der Waals surface area contributed by atoms with Gasteiger partial charge in [0.2, 0.25) is 0 Å². The van der Waals surface area contributed by atoms with E-state index in [1.54, 1.807) is 36.4 Å². The second-order valence-corrected chi connectivity index (χ2v) is 4.81. The van der Waals surface area contributed by atoms with Crippen LogP contribution in [0.2, 0.25) is 0 Å². The molecule has 106 valence electrons. The van der Waals surface area contributed by atoms with E-state index in [2.05, 4.69) is 4.98 Å². The Morgan fingerprint density at radius 3 is 2.48 bits per heavy atom. The average molecular weight is 284 g/mol. The minimum atomic E-state index is -0.430. The highest BCUT2D eigenvalue weighted by Gasteiger charge is 2.07. The maximum absolute atomic E-state index is 12.8. The fourth-order valence-electron chi connectivity index (χ4n) is 2.29. The molecule has 0 radical (unpaired) electrons. The van der Waals surface area contributed by atoms with Gasteiger partial charge in [0.15, 0.2) is 0 Å². The van der Waals surface area contributed by atoms with Gasteiger partial charge in [0.05, 0.1) is 10.9 Å². The molecule has 0 saturated carbocycles. The zero-order valence-electron chi connectivity index (χ0n) is 11.2. The third-order valence-electron chi connectivity index (χ3n) is 3.43. The molecule has 21 heavy (non-hydrogen) atoms. The molecule has 1 aromatic heterocycles. The van der Waals surface area contributed by atoms with Crippen molar-refractivity contribution < 1.29 is 4.39 Å². The standard InChI is InChI=1S/C16H13FN2O2/c17-12-7-5-11(6-8-12)9-10-19-15(20)13-3-1-2-4-14(13)18-16(19)21/h1-8H,9-10H2,(H,18,21). The van der Waals surface area contributed by atoms with Crippen molar-refractivity contribution in [1.82, 2.24) is 9.55 Å². The SMILES string of the molecule is O=c1[nH]c2ccccc2c(=O)n1CCc1ccc(F)cc1. The molecule has 0 atom stereocenters. The van der Waals surface area contributed by atoms with Crippen molar-refractivity contribution in [2.75, 3.05) is 0 Å². The van der Waals surface area contributed by atoms with Gasteiger partial charge in [-0.2, -0.15) is 0 Å². The van der Waals surface area contributed by atoms with Crippen molar-refractivity contribution in [1.29, 1.82) is 0 Å². The Bertz CT molecular complexity index is 895. The minimum absolute atomic E-state index is 0.255. The molecule has 0 unspecified atom stereocenters. The molecule has 2 aromatic carbocycles. The van der Waals surface area contributed by atoms with E-state index in [-0.39, 0.29) is 17.9 Å². The fraction of sp³-hybridized carbons (Fsp3) is 0.125. The number of H-pyrrole nitrogens is 1. The lowest BCUT2D eigenvalue weighted by Gasteiger charge is -2.06. The smallest absolute Gasteiger partial charge is 0.307 e. The van der Waals surface area contributed by atoms with E-state index in [0.717, 1.165) is 5.56 Å². The van der Waals surface area contributed by atoms with Crippen LogP contribution >= 0.6 is 0 Å². The van der Waals surface area contributed by atoms with E-state index in [1.807, 2.05) is 0 Å². The molecule has 4 nitrogen and oxygen atoms in total. The number of fused-ring (bicyclic) bond motifs is 1. The monoisotopic (exact) mass is 284 g/mol. The normalized spacial score (nSPS) is 10.9. The van der Waals surface area contributed by atoms with Crippen LogP contribution in [0.4, 0.5) is 4.39 Å². The first-order valence-electron chi connectivity index (χ1n) is 6.61. The number of para-hydroxylation sites is 1. The first-order chi connectivity index (χ1) is 10.1. The number of nitrogens with zero attached hydrogens (tertiary/aromatic N) is 1. The van der Waals surface area contributed by atoms with E-state index in [0.29, 0.717) is 17.3 Å². The molecule has 0 fully saturated rings. The van der Waals surface area contributed by atoms with Gasteiger partial charge in [-0.05, 0) is 36.2 Å². The summed E-state index contributed by atoms with van der Waals surface area (Å²) in [5.74, 6) is -0.306. The topological polar surface area (TPSA) is 54.9 Å². The van der Waals surface area contributed by atoms with E-state index in [1.165, 1.54) is 16.7 Å². The first-order valence-corrected chi connectivity index (χ1v) is 6.61. The molecule has 0 spiro atoms. The second kappa shape index (κ2) is 5.36. The number of hydrogen-bond acceptors (Lipinski definition) is 2. The summed E-state index contributed by atoms with van der Waals surface area (Å²) in [4.78, 5) is 27.0. The van der Waals surface area contributed by atoms with Crippen molar-refractivity contribution in [3.05, 3.63) is 80.7 Å². The molecular weight excluding hydrogens is 271 g/mol. The Morgan fingerprint density at radius 1 is 1.00 bits per heavy atom. The van der Waals surface area contributed by atoms with Crippen molar-refractivity contribution in [3.8, 4) is 0 Å². The Morgan fingerprint density at radius 2 is 1.71 bits per heavy atom. The van der Waals surface area contributed by atoms with Gasteiger partial charge in [-0.1, -0.05) is 24.3 Å². The maximum Gasteiger partial charge on any atom is 0.328 e. The third-order valence-corrected chi connectivity index (χ3v) is 3.43. The van der Waals surface area contributed by atoms with Gasteiger partial charge in [0.1, 0.15) is 5.82 Å². The van der Waals surface area contributed by atoms with Crippen LogP contribution < -0.4 is 11.2 Å². The van der Waals surface area contributed by atoms with Crippen molar-refractivity contribution in [2.24, 2.45) is 0 Å².